The van der Waals surface area contributed by atoms with Crippen LogP contribution in [-0.2, 0) is 0 Å². The van der Waals surface area contributed by atoms with Gasteiger partial charge in [-0.2, -0.15) is 0 Å². The summed E-state index contributed by atoms with van der Waals surface area (Å²) in [5.41, 5.74) is -0.776. The normalized spacial score (nSPS) is 17.2. The summed E-state index contributed by atoms with van der Waals surface area (Å²) in [6.45, 7) is -0.0492. The Kier molecular flexibility index (Phi) is 4.42. The molecule has 0 bridgehead atoms. The summed E-state index contributed by atoms with van der Waals surface area (Å²) in [6.07, 6.45) is 4.69. The Labute approximate surface area is 121 Å². The van der Waals surface area contributed by atoms with Crippen molar-refractivity contribution in [3.8, 4) is 0 Å². The molecule has 1 aromatic rings. The minimum absolute atomic E-state index is 0.0492. The average molecular weight is 294 g/mol. The Morgan fingerprint density at radius 1 is 1.33 bits per heavy atom. The van der Waals surface area contributed by atoms with Crippen molar-refractivity contribution in [3.63, 3.8) is 0 Å². The van der Waals surface area contributed by atoms with Crippen molar-refractivity contribution in [3.05, 3.63) is 33.9 Å². The van der Waals surface area contributed by atoms with Crippen LogP contribution in [0.2, 0.25) is 0 Å². The van der Waals surface area contributed by atoms with Crippen molar-refractivity contribution in [2.45, 2.75) is 37.6 Å². The molecular weight excluding hydrogens is 276 g/mol. The van der Waals surface area contributed by atoms with Gasteiger partial charge in [-0.15, -0.1) is 0 Å². The van der Waals surface area contributed by atoms with Gasteiger partial charge in [0.2, 0.25) is 0 Å². The summed E-state index contributed by atoms with van der Waals surface area (Å²) in [7, 11) is 0. The van der Waals surface area contributed by atoms with E-state index < -0.39 is 22.1 Å². The maximum atomic E-state index is 11.1. The molecule has 2 rings (SSSR count). The summed E-state index contributed by atoms with van der Waals surface area (Å²) in [5, 5.41) is 32.7. The predicted molar refractivity (Wildman–Crippen MR) is 76.6 cm³/mol. The lowest BCUT2D eigenvalue weighted by atomic mass is 9.82. The van der Waals surface area contributed by atoms with E-state index in [1.807, 2.05) is 0 Å². The third-order valence-electron chi connectivity index (χ3n) is 3.95. The Balaban J connectivity index is 2.30. The number of nitro benzene ring substituents is 1. The van der Waals surface area contributed by atoms with Gasteiger partial charge in [0, 0.05) is 11.8 Å². The van der Waals surface area contributed by atoms with E-state index in [-0.39, 0.29) is 12.2 Å². The van der Waals surface area contributed by atoms with Crippen molar-refractivity contribution < 1.29 is 19.9 Å². The number of hydrogen-bond donors (Lipinski definition) is 3. The third-order valence-corrected chi connectivity index (χ3v) is 3.95. The Morgan fingerprint density at radius 2 is 2.00 bits per heavy atom. The predicted octanol–water partition coefficient (Wildman–Crippen LogP) is 2.40. The number of carboxylic acid groups (broad SMARTS) is 1. The van der Waals surface area contributed by atoms with Gasteiger partial charge < -0.3 is 15.5 Å². The molecule has 1 aliphatic carbocycles. The molecule has 21 heavy (non-hydrogen) atoms. The van der Waals surface area contributed by atoms with Crippen LogP contribution < -0.4 is 5.32 Å². The Bertz CT molecular complexity index is 552. The van der Waals surface area contributed by atoms with E-state index in [9.17, 15) is 20.0 Å². The highest BCUT2D eigenvalue weighted by molar-refractivity contribution is 5.93. The van der Waals surface area contributed by atoms with Crippen molar-refractivity contribution in [1.29, 1.82) is 0 Å². The number of hydrogen-bond acceptors (Lipinski definition) is 5. The largest absolute Gasteiger partial charge is 0.477 e. The molecule has 0 amide bonds. The van der Waals surface area contributed by atoms with E-state index >= 15 is 0 Å². The number of carbonyl (C=O) groups is 1. The van der Waals surface area contributed by atoms with Crippen LogP contribution in [0.25, 0.3) is 0 Å². The molecule has 0 aliphatic heterocycles. The average Bonchev–Trinajstić information content (AvgIpc) is 2.47. The lowest BCUT2D eigenvalue weighted by molar-refractivity contribution is -0.385. The lowest BCUT2D eigenvalue weighted by Gasteiger charge is -2.37. The molecule has 0 saturated heterocycles. The molecule has 0 radical (unpaired) electrons. The van der Waals surface area contributed by atoms with Gasteiger partial charge in [0.05, 0.1) is 17.1 Å². The molecule has 114 valence electrons. The molecule has 0 atom stereocenters. The summed E-state index contributed by atoms with van der Waals surface area (Å²) >= 11 is 0. The van der Waals surface area contributed by atoms with Crippen LogP contribution in [-0.4, -0.2) is 33.3 Å². The van der Waals surface area contributed by atoms with Crippen LogP contribution >= 0.6 is 0 Å². The maximum absolute atomic E-state index is 11.1. The van der Waals surface area contributed by atoms with Crippen molar-refractivity contribution >= 4 is 17.3 Å². The summed E-state index contributed by atoms with van der Waals surface area (Å²) in [4.78, 5) is 21.3. The first kappa shape index (κ1) is 15.2. The second-order valence-electron chi connectivity index (χ2n) is 5.42. The summed E-state index contributed by atoms with van der Waals surface area (Å²) in [5.74, 6) is -1.34. The van der Waals surface area contributed by atoms with E-state index in [0.717, 1.165) is 32.1 Å². The Morgan fingerprint density at radius 3 is 2.52 bits per heavy atom. The standard InChI is InChI=1S/C14H18N2O5/c17-9-14(6-2-1-3-7-14)15-10-4-5-12(16(20)21)11(8-10)13(18)19/h4-5,8,15,17H,1-3,6-7,9H2,(H,18,19). The van der Waals surface area contributed by atoms with E-state index in [0.29, 0.717) is 5.69 Å². The fourth-order valence-electron chi connectivity index (χ4n) is 2.80. The fourth-order valence-corrected chi connectivity index (χ4v) is 2.80. The van der Waals surface area contributed by atoms with E-state index in [2.05, 4.69) is 5.32 Å². The first-order chi connectivity index (χ1) is 9.97. The topological polar surface area (TPSA) is 113 Å². The molecule has 1 aromatic carbocycles. The fraction of sp³-hybridized carbons (Fsp3) is 0.500. The zero-order valence-electron chi connectivity index (χ0n) is 11.5. The highest BCUT2D eigenvalue weighted by Gasteiger charge is 2.31. The number of nitrogens with one attached hydrogen (secondary N) is 1. The molecule has 0 aromatic heterocycles. The van der Waals surface area contributed by atoms with Gasteiger partial charge in [0.1, 0.15) is 5.56 Å². The van der Waals surface area contributed by atoms with Gasteiger partial charge in [-0.3, -0.25) is 10.1 Å². The number of aliphatic hydroxyl groups excluding tert-OH is 1. The van der Waals surface area contributed by atoms with Crippen LogP contribution in [0, 0.1) is 10.1 Å². The van der Waals surface area contributed by atoms with Crippen LogP contribution in [0.1, 0.15) is 42.5 Å². The summed E-state index contributed by atoms with van der Waals surface area (Å²) in [6, 6.07) is 3.92. The molecule has 0 unspecified atom stereocenters. The number of aliphatic hydroxyl groups is 1. The quantitative estimate of drug-likeness (QED) is 0.567. The SMILES string of the molecule is O=C(O)c1cc(NC2(CO)CCCCC2)ccc1[N+](=O)[O-]. The van der Waals surface area contributed by atoms with Crippen molar-refractivity contribution in [1.82, 2.24) is 0 Å². The van der Waals surface area contributed by atoms with E-state index in [1.54, 1.807) is 0 Å². The monoisotopic (exact) mass is 294 g/mol. The number of nitrogens with zero attached hydrogens (tertiary/aromatic N) is 1. The number of carboxylic acids is 1. The summed E-state index contributed by atoms with van der Waals surface area (Å²) < 4.78 is 0. The van der Waals surface area contributed by atoms with E-state index in [1.165, 1.54) is 18.2 Å². The smallest absolute Gasteiger partial charge is 0.342 e. The second-order valence-corrected chi connectivity index (χ2v) is 5.42. The molecular formula is C14H18N2O5. The number of aromatic carboxylic acids is 1. The second kappa shape index (κ2) is 6.09. The van der Waals surface area contributed by atoms with Crippen molar-refractivity contribution in [2.24, 2.45) is 0 Å². The molecule has 7 nitrogen and oxygen atoms in total. The lowest BCUT2D eigenvalue weighted by Crippen LogP contribution is -2.43. The van der Waals surface area contributed by atoms with Gasteiger partial charge in [-0.25, -0.2) is 4.79 Å². The highest BCUT2D eigenvalue weighted by Crippen LogP contribution is 2.32. The molecule has 1 aliphatic rings. The highest BCUT2D eigenvalue weighted by atomic mass is 16.6. The van der Waals surface area contributed by atoms with Gasteiger partial charge in [-0.1, -0.05) is 19.3 Å². The molecule has 7 heteroatoms. The first-order valence-corrected chi connectivity index (χ1v) is 6.88. The van der Waals surface area contributed by atoms with Crippen LogP contribution in [0.5, 0.6) is 0 Å². The minimum atomic E-state index is -1.34. The molecule has 1 fully saturated rings. The number of benzene rings is 1. The van der Waals surface area contributed by atoms with Gasteiger partial charge in [0.25, 0.3) is 5.69 Å². The zero-order chi connectivity index (χ0) is 15.5. The molecule has 3 N–H and O–H groups in total. The number of anilines is 1. The van der Waals surface area contributed by atoms with Gasteiger partial charge in [-0.05, 0) is 25.0 Å². The first-order valence-electron chi connectivity index (χ1n) is 6.88. The molecule has 0 spiro atoms. The Hall–Kier alpha value is -2.15. The van der Waals surface area contributed by atoms with Crippen LogP contribution in [0.3, 0.4) is 0 Å². The minimum Gasteiger partial charge on any atom is -0.477 e. The number of nitro groups is 1. The van der Waals surface area contributed by atoms with Crippen LogP contribution in [0.4, 0.5) is 11.4 Å². The number of rotatable bonds is 5. The molecule has 1 saturated carbocycles. The van der Waals surface area contributed by atoms with Gasteiger partial charge >= 0.3 is 5.97 Å². The van der Waals surface area contributed by atoms with E-state index in [4.69, 9.17) is 5.11 Å². The molecule has 0 heterocycles. The van der Waals surface area contributed by atoms with Gasteiger partial charge in [0.15, 0.2) is 0 Å². The maximum Gasteiger partial charge on any atom is 0.342 e. The zero-order valence-corrected chi connectivity index (χ0v) is 11.5. The van der Waals surface area contributed by atoms with Crippen LogP contribution in [0.15, 0.2) is 18.2 Å². The van der Waals surface area contributed by atoms with Crippen molar-refractivity contribution in [2.75, 3.05) is 11.9 Å². The third kappa shape index (κ3) is 3.30.